The van der Waals surface area contributed by atoms with Crippen molar-refractivity contribution < 1.29 is 9.53 Å². The van der Waals surface area contributed by atoms with Gasteiger partial charge in [0.25, 0.3) is 0 Å². The highest BCUT2D eigenvalue weighted by molar-refractivity contribution is 5.87. The summed E-state index contributed by atoms with van der Waals surface area (Å²) in [7, 11) is 1.42. The number of hydrogen-bond acceptors (Lipinski definition) is 4. The van der Waals surface area contributed by atoms with Gasteiger partial charge in [-0.1, -0.05) is 72.8 Å². The fourth-order valence-corrected chi connectivity index (χ4v) is 5.95. The number of imidazole rings is 1. The van der Waals surface area contributed by atoms with Gasteiger partial charge in [0.15, 0.2) is 0 Å². The Balaban J connectivity index is 1.44. The van der Waals surface area contributed by atoms with E-state index in [1.807, 2.05) is 12.1 Å². The number of ether oxygens (including phenoxy) is 1. The summed E-state index contributed by atoms with van der Waals surface area (Å²) < 4.78 is 7.18. The molecule has 5 aromatic rings. The van der Waals surface area contributed by atoms with Crippen LogP contribution in [0.1, 0.15) is 45.6 Å². The van der Waals surface area contributed by atoms with E-state index in [0.29, 0.717) is 13.0 Å². The van der Waals surface area contributed by atoms with Crippen molar-refractivity contribution in [2.75, 3.05) is 7.11 Å². The van der Waals surface area contributed by atoms with Crippen LogP contribution in [0.4, 0.5) is 0 Å². The molecule has 5 heteroatoms. The SMILES string of the molecule is COC(=O)CCc1nc2c(C)cc(-c3ccccc3)cc2n1Cc1ccc2c(c1)CCc1ccccc1C2=CC#N. The molecule has 202 valence electrons. The van der Waals surface area contributed by atoms with Crippen LogP contribution in [0.15, 0.2) is 91.0 Å². The summed E-state index contributed by atoms with van der Waals surface area (Å²) in [4.78, 5) is 17.1. The molecule has 41 heavy (non-hydrogen) atoms. The van der Waals surface area contributed by atoms with E-state index >= 15 is 0 Å². The summed E-state index contributed by atoms with van der Waals surface area (Å²) in [5, 5.41) is 9.58. The summed E-state index contributed by atoms with van der Waals surface area (Å²) in [6.45, 7) is 2.72. The van der Waals surface area contributed by atoms with Gasteiger partial charge in [-0.15, -0.1) is 0 Å². The van der Waals surface area contributed by atoms with Gasteiger partial charge in [-0.05, 0) is 82.0 Å². The number of benzene rings is 4. The fourth-order valence-electron chi connectivity index (χ4n) is 5.95. The molecule has 0 amide bonds. The lowest BCUT2D eigenvalue weighted by Crippen LogP contribution is -2.09. The normalized spacial score (nSPS) is 13.3. The van der Waals surface area contributed by atoms with E-state index in [0.717, 1.165) is 68.7 Å². The number of aryl methyl sites for hydroxylation is 4. The first kappa shape index (κ1) is 26.3. The molecule has 1 aromatic heterocycles. The highest BCUT2D eigenvalue weighted by Gasteiger charge is 2.20. The third-order valence-electron chi connectivity index (χ3n) is 7.99. The van der Waals surface area contributed by atoms with Crippen LogP contribution in [0.5, 0.6) is 0 Å². The maximum Gasteiger partial charge on any atom is 0.305 e. The van der Waals surface area contributed by atoms with Crippen molar-refractivity contribution in [3.8, 4) is 17.2 Å². The monoisotopic (exact) mass is 537 g/mol. The van der Waals surface area contributed by atoms with Crippen LogP contribution in [0.2, 0.25) is 0 Å². The lowest BCUT2D eigenvalue weighted by atomic mass is 9.93. The zero-order valence-corrected chi connectivity index (χ0v) is 23.4. The summed E-state index contributed by atoms with van der Waals surface area (Å²) in [5.41, 5.74) is 12.3. The Morgan fingerprint density at radius 3 is 2.51 bits per heavy atom. The zero-order valence-electron chi connectivity index (χ0n) is 23.4. The molecule has 5 nitrogen and oxygen atoms in total. The van der Waals surface area contributed by atoms with Gasteiger partial charge in [-0.2, -0.15) is 5.26 Å². The number of nitrogens with zero attached hydrogens (tertiary/aromatic N) is 3. The van der Waals surface area contributed by atoms with E-state index in [1.165, 1.54) is 18.2 Å². The Kier molecular flexibility index (Phi) is 7.22. The summed E-state index contributed by atoms with van der Waals surface area (Å²) in [5.74, 6) is 0.623. The molecule has 0 radical (unpaired) electrons. The van der Waals surface area contributed by atoms with Crippen LogP contribution in [0, 0.1) is 18.3 Å². The second-order valence-electron chi connectivity index (χ2n) is 10.6. The van der Waals surface area contributed by atoms with Gasteiger partial charge in [0.05, 0.1) is 30.6 Å². The molecule has 0 saturated heterocycles. The quantitative estimate of drug-likeness (QED) is 0.169. The number of fused-ring (bicyclic) bond motifs is 3. The maximum absolute atomic E-state index is 12.1. The Morgan fingerprint density at radius 1 is 0.951 bits per heavy atom. The number of esters is 1. The number of rotatable bonds is 6. The predicted octanol–water partition coefficient (Wildman–Crippen LogP) is 7.22. The second-order valence-corrected chi connectivity index (χ2v) is 10.6. The van der Waals surface area contributed by atoms with Gasteiger partial charge in [-0.3, -0.25) is 4.79 Å². The molecule has 0 spiro atoms. The van der Waals surface area contributed by atoms with Crippen LogP contribution in [-0.4, -0.2) is 22.6 Å². The average molecular weight is 538 g/mol. The van der Waals surface area contributed by atoms with Gasteiger partial charge in [0.1, 0.15) is 5.82 Å². The molecule has 0 aliphatic heterocycles. The van der Waals surface area contributed by atoms with E-state index in [2.05, 4.69) is 90.4 Å². The van der Waals surface area contributed by atoms with Gasteiger partial charge in [0.2, 0.25) is 0 Å². The highest BCUT2D eigenvalue weighted by Crippen LogP contribution is 2.35. The molecule has 1 heterocycles. The molecule has 0 N–H and O–H groups in total. The van der Waals surface area contributed by atoms with Crippen molar-refractivity contribution in [3.63, 3.8) is 0 Å². The average Bonchev–Trinajstić information content (AvgIpc) is 3.27. The van der Waals surface area contributed by atoms with Crippen molar-refractivity contribution >= 4 is 22.6 Å². The van der Waals surface area contributed by atoms with Crippen molar-refractivity contribution in [1.82, 2.24) is 9.55 Å². The van der Waals surface area contributed by atoms with Crippen LogP contribution < -0.4 is 0 Å². The van der Waals surface area contributed by atoms with Gasteiger partial charge in [-0.25, -0.2) is 4.98 Å². The largest absolute Gasteiger partial charge is 0.469 e. The predicted molar refractivity (Wildman–Crippen MR) is 162 cm³/mol. The van der Waals surface area contributed by atoms with E-state index in [4.69, 9.17) is 9.72 Å². The van der Waals surface area contributed by atoms with Crippen molar-refractivity contribution in [1.29, 1.82) is 5.26 Å². The topological polar surface area (TPSA) is 67.9 Å². The van der Waals surface area contributed by atoms with Crippen LogP contribution >= 0.6 is 0 Å². The molecule has 1 aliphatic rings. The molecular weight excluding hydrogens is 506 g/mol. The Labute approximate surface area is 240 Å². The fraction of sp³-hybridized carbons (Fsp3) is 0.194. The van der Waals surface area contributed by atoms with E-state index in [-0.39, 0.29) is 12.4 Å². The van der Waals surface area contributed by atoms with Crippen LogP contribution in [0.25, 0.3) is 27.7 Å². The third-order valence-corrected chi connectivity index (χ3v) is 7.99. The number of carbonyl (C=O) groups excluding carboxylic acids is 1. The van der Waals surface area contributed by atoms with E-state index in [1.54, 1.807) is 6.08 Å². The van der Waals surface area contributed by atoms with Gasteiger partial charge in [0, 0.05) is 19.0 Å². The van der Waals surface area contributed by atoms with Crippen LogP contribution in [0.3, 0.4) is 0 Å². The minimum absolute atomic E-state index is 0.244. The Bertz CT molecular complexity index is 1840. The first-order valence-corrected chi connectivity index (χ1v) is 14.0. The van der Waals surface area contributed by atoms with Gasteiger partial charge < -0.3 is 9.30 Å². The molecule has 0 atom stereocenters. The van der Waals surface area contributed by atoms with Crippen molar-refractivity contribution in [2.45, 2.75) is 39.2 Å². The van der Waals surface area contributed by atoms with E-state index in [9.17, 15) is 10.1 Å². The minimum Gasteiger partial charge on any atom is -0.469 e. The molecule has 1 aliphatic carbocycles. The number of allylic oxidation sites excluding steroid dienone is 1. The number of hydrogen-bond donors (Lipinski definition) is 0. The number of methoxy groups -OCH3 is 1. The maximum atomic E-state index is 12.1. The number of carbonyl (C=O) groups is 1. The zero-order chi connectivity index (χ0) is 28.3. The number of nitriles is 1. The highest BCUT2D eigenvalue weighted by atomic mass is 16.5. The first-order chi connectivity index (χ1) is 20.1. The summed E-state index contributed by atoms with van der Waals surface area (Å²) in [6, 6.07) is 32.0. The molecule has 6 rings (SSSR count). The summed E-state index contributed by atoms with van der Waals surface area (Å²) in [6.07, 6.45) is 4.27. The molecule has 0 saturated carbocycles. The lowest BCUT2D eigenvalue weighted by Gasteiger charge is -2.14. The Hall–Kier alpha value is -4.95. The molecule has 0 unspecified atom stereocenters. The lowest BCUT2D eigenvalue weighted by molar-refractivity contribution is -0.140. The first-order valence-electron chi connectivity index (χ1n) is 14.0. The minimum atomic E-state index is -0.244. The molecule has 0 fully saturated rings. The van der Waals surface area contributed by atoms with Crippen molar-refractivity contribution in [2.24, 2.45) is 0 Å². The van der Waals surface area contributed by atoms with E-state index < -0.39 is 0 Å². The van der Waals surface area contributed by atoms with Crippen molar-refractivity contribution in [3.05, 3.63) is 130 Å². The summed E-state index contributed by atoms with van der Waals surface area (Å²) >= 11 is 0. The Morgan fingerprint density at radius 2 is 1.71 bits per heavy atom. The molecule has 4 aromatic carbocycles. The van der Waals surface area contributed by atoms with Gasteiger partial charge >= 0.3 is 5.97 Å². The third kappa shape index (κ3) is 5.17. The second kappa shape index (κ2) is 11.3. The smallest absolute Gasteiger partial charge is 0.305 e. The molecule has 0 bridgehead atoms. The van der Waals surface area contributed by atoms with Crippen LogP contribution in [-0.2, 0) is 35.3 Å². The standard InChI is InChI=1S/C36H31N3O2/c1-24-20-29(26-8-4-3-5-9-26)22-33-36(24)38-34(16-17-35(40)41-2)39(33)23-25-12-15-31-28(21-25)14-13-27-10-6-7-11-30(27)32(31)18-19-37/h3-12,15,18,20-22H,13-14,16-17,23H2,1-2H3. The number of aromatic nitrogens is 2. The molecular formula is C36H31N3O2.